The first-order valence-electron chi connectivity index (χ1n) is 8.91. The van der Waals surface area contributed by atoms with Crippen molar-refractivity contribution in [2.45, 2.75) is 63.5 Å². The molecule has 21 heavy (non-hydrogen) atoms. The third-order valence-corrected chi connectivity index (χ3v) is 6.02. The first kappa shape index (κ1) is 15.3. The second-order valence-corrected chi connectivity index (χ2v) is 7.42. The van der Waals surface area contributed by atoms with Crippen molar-refractivity contribution in [1.29, 1.82) is 0 Å². The van der Waals surface area contributed by atoms with Gasteiger partial charge in [-0.05, 0) is 76.9 Å². The molecule has 1 amide bonds. The van der Waals surface area contributed by atoms with Crippen LogP contribution in [0.5, 0.6) is 0 Å². The number of amides is 1. The van der Waals surface area contributed by atoms with Crippen molar-refractivity contribution in [3.63, 3.8) is 0 Å². The molecule has 3 saturated heterocycles. The highest BCUT2D eigenvalue weighted by Gasteiger charge is 2.38. The fourth-order valence-electron chi connectivity index (χ4n) is 4.54. The monoisotopic (exact) mass is 293 g/mol. The van der Waals surface area contributed by atoms with Crippen LogP contribution in [0.2, 0.25) is 0 Å². The Morgan fingerprint density at radius 1 is 1.10 bits per heavy atom. The van der Waals surface area contributed by atoms with E-state index in [-0.39, 0.29) is 5.91 Å². The van der Waals surface area contributed by atoms with E-state index in [9.17, 15) is 4.79 Å². The molecule has 0 saturated carbocycles. The summed E-state index contributed by atoms with van der Waals surface area (Å²) in [4.78, 5) is 14.6. The minimum absolute atomic E-state index is 0.278. The highest BCUT2D eigenvalue weighted by atomic mass is 16.1. The van der Waals surface area contributed by atoms with Gasteiger partial charge in [-0.1, -0.05) is 0 Å². The van der Waals surface area contributed by atoms with Crippen molar-refractivity contribution in [2.24, 2.45) is 11.8 Å². The van der Waals surface area contributed by atoms with Gasteiger partial charge in [-0.15, -0.1) is 0 Å². The molecule has 3 fully saturated rings. The first-order valence-corrected chi connectivity index (χ1v) is 8.91. The maximum atomic E-state index is 12.0. The molecule has 2 bridgehead atoms. The molecule has 3 rings (SSSR count). The van der Waals surface area contributed by atoms with Crippen LogP contribution in [0.1, 0.15) is 51.4 Å². The molecular formula is C17H31N3O. The summed E-state index contributed by atoms with van der Waals surface area (Å²) in [7, 11) is 2.27. The molecule has 2 N–H and O–H groups in total. The van der Waals surface area contributed by atoms with E-state index in [4.69, 9.17) is 0 Å². The van der Waals surface area contributed by atoms with Gasteiger partial charge in [0.15, 0.2) is 0 Å². The van der Waals surface area contributed by atoms with E-state index in [1.54, 1.807) is 0 Å². The molecule has 3 aliphatic heterocycles. The molecule has 3 aliphatic rings. The minimum Gasteiger partial charge on any atom is -0.356 e. The fraction of sp³-hybridized carbons (Fsp3) is 0.941. The van der Waals surface area contributed by atoms with E-state index in [1.807, 2.05) is 0 Å². The molecular weight excluding hydrogens is 262 g/mol. The zero-order chi connectivity index (χ0) is 14.7. The zero-order valence-electron chi connectivity index (χ0n) is 13.4. The molecule has 0 aromatic heterocycles. The molecule has 0 aromatic rings. The highest BCUT2D eigenvalue weighted by molar-refractivity contribution is 5.75. The van der Waals surface area contributed by atoms with Gasteiger partial charge in [-0.3, -0.25) is 4.79 Å². The number of piperidine rings is 2. The quantitative estimate of drug-likeness (QED) is 0.812. The number of nitrogens with one attached hydrogen (secondary N) is 2. The topological polar surface area (TPSA) is 44.4 Å². The lowest BCUT2D eigenvalue weighted by Gasteiger charge is -2.36. The number of fused-ring (bicyclic) bond motifs is 2. The number of hydrogen-bond acceptors (Lipinski definition) is 3. The van der Waals surface area contributed by atoms with E-state index < -0.39 is 0 Å². The summed E-state index contributed by atoms with van der Waals surface area (Å²) in [6.07, 6.45) is 9.57. The average molecular weight is 293 g/mol. The van der Waals surface area contributed by atoms with Gasteiger partial charge >= 0.3 is 0 Å². The van der Waals surface area contributed by atoms with Gasteiger partial charge in [-0.2, -0.15) is 0 Å². The van der Waals surface area contributed by atoms with Crippen LogP contribution in [0.25, 0.3) is 0 Å². The molecule has 2 unspecified atom stereocenters. The zero-order valence-corrected chi connectivity index (χ0v) is 13.4. The van der Waals surface area contributed by atoms with Gasteiger partial charge in [-0.25, -0.2) is 0 Å². The Kier molecular flexibility index (Phi) is 5.17. The van der Waals surface area contributed by atoms with Crippen LogP contribution in [0.15, 0.2) is 0 Å². The second-order valence-electron chi connectivity index (χ2n) is 7.42. The van der Waals surface area contributed by atoms with Crippen LogP contribution < -0.4 is 10.6 Å². The lowest BCUT2D eigenvalue weighted by Crippen LogP contribution is -2.43. The molecule has 2 atom stereocenters. The number of rotatable bonds is 5. The van der Waals surface area contributed by atoms with E-state index >= 15 is 0 Å². The van der Waals surface area contributed by atoms with Crippen molar-refractivity contribution in [2.75, 3.05) is 26.7 Å². The summed E-state index contributed by atoms with van der Waals surface area (Å²) < 4.78 is 0. The van der Waals surface area contributed by atoms with Gasteiger partial charge in [0, 0.05) is 25.0 Å². The van der Waals surface area contributed by atoms with Crippen LogP contribution in [0.3, 0.4) is 0 Å². The predicted molar refractivity (Wildman–Crippen MR) is 85.1 cm³/mol. The smallest absolute Gasteiger partial charge is 0.220 e. The van der Waals surface area contributed by atoms with Crippen molar-refractivity contribution in [3.8, 4) is 0 Å². The lowest BCUT2D eigenvalue weighted by molar-refractivity contribution is -0.121. The standard InChI is InChI=1S/C17H31N3O/c1-20-15-3-4-16(20)11-14(10-15)12-19-17(21)5-2-13-6-8-18-9-7-13/h13-16,18H,2-12H2,1H3,(H,19,21). The number of hydrogen-bond donors (Lipinski definition) is 2. The molecule has 4 nitrogen and oxygen atoms in total. The van der Waals surface area contributed by atoms with Crippen molar-refractivity contribution < 1.29 is 4.79 Å². The lowest BCUT2D eigenvalue weighted by atomic mass is 9.90. The Morgan fingerprint density at radius 2 is 1.76 bits per heavy atom. The normalized spacial score (nSPS) is 34.0. The van der Waals surface area contributed by atoms with Gasteiger partial charge < -0.3 is 15.5 Å². The molecule has 120 valence electrons. The summed E-state index contributed by atoms with van der Waals surface area (Å²) in [5.41, 5.74) is 0. The summed E-state index contributed by atoms with van der Waals surface area (Å²) in [5.74, 6) is 1.75. The maximum Gasteiger partial charge on any atom is 0.220 e. The van der Waals surface area contributed by atoms with E-state index in [0.717, 1.165) is 50.5 Å². The van der Waals surface area contributed by atoms with Crippen molar-refractivity contribution in [3.05, 3.63) is 0 Å². The van der Waals surface area contributed by atoms with E-state index in [1.165, 1.54) is 38.5 Å². The molecule has 4 heteroatoms. The SMILES string of the molecule is CN1C2CCC1CC(CNC(=O)CCC1CCNCC1)C2. The Balaban J connectivity index is 1.32. The van der Waals surface area contributed by atoms with Crippen LogP contribution in [0, 0.1) is 11.8 Å². The summed E-state index contributed by atoms with van der Waals surface area (Å²) in [6, 6.07) is 1.56. The van der Waals surface area contributed by atoms with Gasteiger partial charge in [0.05, 0.1) is 0 Å². The van der Waals surface area contributed by atoms with E-state index in [2.05, 4.69) is 22.6 Å². The number of carbonyl (C=O) groups excluding carboxylic acids is 1. The van der Waals surface area contributed by atoms with Crippen molar-refractivity contribution >= 4 is 5.91 Å². The number of carbonyl (C=O) groups is 1. The summed E-state index contributed by atoms with van der Waals surface area (Å²) in [5, 5.41) is 6.59. The number of nitrogens with zero attached hydrogens (tertiary/aromatic N) is 1. The summed E-state index contributed by atoms with van der Waals surface area (Å²) >= 11 is 0. The van der Waals surface area contributed by atoms with Crippen LogP contribution >= 0.6 is 0 Å². The second kappa shape index (κ2) is 7.10. The minimum atomic E-state index is 0.278. The third-order valence-electron chi connectivity index (χ3n) is 6.02. The Hall–Kier alpha value is -0.610. The fourth-order valence-corrected chi connectivity index (χ4v) is 4.54. The Morgan fingerprint density at radius 3 is 2.43 bits per heavy atom. The van der Waals surface area contributed by atoms with Crippen molar-refractivity contribution in [1.82, 2.24) is 15.5 Å². The molecule has 0 spiro atoms. The Labute approximate surface area is 129 Å². The van der Waals surface area contributed by atoms with Gasteiger partial charge in [0.1, 0.15) is 0 Å². The summed E-state index contributed by atoms with van der Waals surface area (Å²) in [6.45, 7) is 3.17. The molecule has 0 aliphatic carbocycles. The third kappa shape index (κ3) is 3.98. The highest BCUT2D eigenvalue weighted by Crippen LogP contribution is 2.37. The van der Waals surface area contributed by atoms with Gasteiger partial charge in [0.2, 0.25) is 5.91 Å². The molecule has 3 heterocycles. The van der Waals surface area contributed by atoms with Gasteiger partial charge in [0.25, 0.3) is 0 Å². The maximum absolute atomic E-state index is 12.0. The molecule has 0 aromatic carbocycles. The van der Waals surface area contributed by atoms with E-state index in [0.29, 0.717) is 5.92 Å². The van der Waals surface area contributed by atoms with Crippen LogP contribution in [-0.2, 0) is 4.79 Å². The first-order chi connectivity index (χ1) is 10.2. The van der Waals surface area contributed by atoms with Crippen LogP contribution in [0.4, 0.5) is 0 Å². The Bertz CT molecular complexity index is 340. The molecule has 0 radical (unpaired) electrons. The average Bonchev–Trinajstić information content (AvgIpc) is 2.74. The predicted octanol–water partition coefficient (Wildman–Crippen LogP) is 1.76. The van der Waals surface area contributed by atoms with Crippen LogP contribution in [-0.4, -0.2) is 49.6 Å². The largest absolute Gasteiger partial charge is 0.356 e.